The van der Waals surface area contributed by atoms with E-state index in [1.54, 1.807) is 6.07 Å². The summed E-state index contributed by atoms with van der Waals surface area (Å²) in [5.41, 5.74) is 3.76. The molecule has 8 nitrogen and oxygen atoms in total. The molecule has 0 unspecified atom stereocenters. The molecular formula is C21H22N4O4. The molecule has 0 fully saturated rings. The zero-order chi connectivity index (χ0) is 21.0. The summed E-state index contributed by atoms with van der Waals surface area (Å²) in [6.07, 6.45) is 0.436. The van der Waals surface area contributed by atoms with Crippen LogP contribution >= 0.6 is 0 Å². The van der Waals surface area contributed by atoms with Gasteiger partial charge in [-0.25, -0.2) is 4.98 Å². The minimum atomic E-state index is -0.169. The highest BCUT2D eigenvalue weighted by molar-refractivity contribution is 6.07. The lowest BCUT2D eigenvalue weighted by atomic mass is 10.0. The van der Waals surface area contributed by atoms with E-state index in [2.05, 4.69) is 10.6 Å². The number of guanidine groups is 1. The lowest BCUT2D eigenvalue weighted by Crippen LogP contribution is -2.28. The summed E-state index contributed by atoms with van der Waals surface area (Å²) in [6, 6.07) is 11.4. The zero-order valence-electron chi connectivity index (χ0n) is 16.6. The van der Waals surface area contributed by atoms with Gasteiger partial charge < -0.3 is 19.5 Å². The van der Waals surface area contributed by atoms with Gasteiger partial charge in [0.25, 0.3) is 0 Å². The maximum Gasteiger partial charge on any atom is 0.213 e. The lowest BCUT2D eigenvalue weighted by molar-refractivity contribution is -0.108. The Morgan fingerprint density at radius 3 is 2.41 bits per heavy atom. The van der Waals surface area contributed by atoms with Gasteiger partial charge in [-0.15, -0.1) is 0 Å². The molecule has 0 aliphatic heterocycles. The molecule has 0 spiro atoms. The number of methoxy groups -OCH3 is 3. The number of carbonyl (C=O) groups excluding carboxylic acids is 1. The summed E-state index contributed by atoms with van der Waals surface area (Å²) in [5, 5.41) is 13.8. The average Bonchev–Trinajstić information content (AvgIpc) is 2.72. The summed E-state index contributed by atoms with van der Waals surface area (Å²) in [4.78, 5) is 15.5. The van der Waals surface area contributed by atoms with Crippen LogP contribution in [0.4, 0.5) is 5.69 Å². The van der Waals surface area contributed by atoms with Crippen LogP contribution in [-0.4, -0.2) is 38.7 Å². The molecule has 0 bridgehead atoms. The predicted octanol–water partition coefficient (Wildman–Crippen LogP) is 3.33. The Kier molecular flexibility index (Phi) is 5.82. The number of aryl methyl sites for hydroxylation is 1. The molecule has 0 atom stereocenters. The molecular weight excluding hydrogens is 372 g/mol. The Bertz CT molecular complexity index is 1080. The molecule has 3 rings (SSSR count). The number of fused-ring (bicyclic) bond motifs is 1. The van der Waals surface area contributed by atoms with Crippen LogP contribution in [0.2, 0.25) is 0 Å². The highest BCUT2D eigenvalue weighted by atomic mass is 16.5. The Hall–Kier alpha value is -3.81. The first kappa shape index (κ1) is 19.9. The Morgan fingerprint density at radius 1 is 1.07 bits per heavy atom. The fraction of sp³-hybridized carbons (Fsp3) is 0.190. The van der Waals surface area contributed by atoms with Crippen molar-refractivity contribution < 1.29 is 19.0 Å². The van der Waals surface area contributed by atoms with Crippen LogP contribution in [-0.2, 0) is 4.79 Å². The second-order valence-corrected chi connectivity index (χ2v) is 6.17. The lowest BCUT2D eigenvalue weighted by Gasteiger charge is -2.18. The van der Waals surface area contributed by atoms with Crippen molar-refractivity contribution in [1.82, 2.24) is 10.3 Å². The first-order valence-corrected chi connectivity index (χ1v) is 8.79. The van der Waals surface area contributed by atoms with E-state index >= 15 is 0 Å². The van der Waals surface area contributed by atoms with E-state index in [-0.39, 0.29) is 5.96 Å². The predicted molar refractivity (Wildman–Crippen MR) is 112 cm³/mol. The van der Waals surface area contributed by atoms with Crippen molar-refractivity contribution in [2.75, 3.05) is 26.6 Å². The number of benzene rings is 2. The van der Waals surface area contributed by atoms with Gasteiger partial charge in [0.05, 0.1) is 32.7 Å². The van der Waals surface area contributed by atoms with Gasteiger partial charge in [0.15, 0.2) is 17.5 Å². The van der Waals surface area contributed by atoms with Gasteiger partial charge in [0, 0.05) is 10.9 Å². The number of ether oxygens (including phenoxy) is 3. The van der Waals surface area contributed by atoms with Gasteiger partial charge in [-0.3, -0.25) is 15.5 Å². The van der Waals surface area contributed by atoms with E-state index < -0.39 is 0 Å². The van der Waals surface area contributed by atoms with Crippen molar-refractivity contribution in [2.24, 2.45) is 0 Å². The number of nitrogens with zero attached hydrogens (tertiary/aromatic N) is 1. The standard InChI is InChI=1S/C21H22N4O4/c1-12-7-5-6-8-13(12)15-10-16(25-21(22)23-11-26)14-9-17(27-2)19(28-3)20(29-4)18(14)24-15/h5-11H,1-4H3,(H3,22,23,24,25,26). The molecule has 29 heavy (non-hydrogen) atoms. The molecule has 1 aromatic heterocycles. The Labute approximate surface area is 168 Å². The van der Waals surface area contributed by atoms with Crippen LogP contribution in [0.15, 0.2) is 36.4 Å². The molecule has 0 aliphatic carbocycles. The molecule has 3 aromatic rings. The number of amides is 1. The van der Waals surface area contributed by atoms with Crippen LogP contribution in [0.1, 0.15) is 5.56 Å². The van der Waals surface area contributed by atoms with E-state index in [1.807, 2.05) is 37.3 Å². The monoisotopic (exact) mass is 394 g/mol. The molecule has 3 N–H and O–H groups in total. The number of hydrogen-bond donors (Lipinski definition) is 3. The minimum Gasteiger partial charge on any atom is -0.493 e. The Balaban J connectivity index is 2.36. The third kappa shape index (κ3) is 3.77. The summed E-state index contributed by atoms with van der Waals surface area (Å²) in [7, 11) is 4.59. The average molecular weight is 394 g/mol. The van der Waals surface area contributed by atoms with Crippen LogP contribution < -0.4 is 24.8 Å². The molecule has 150 valence electrons. The van der Waals surface area contributed by atoms with Crippen LogP contribution in [0, 0.1) is 12.3 Å². The topological polar surface area (TPSA) is 106 Å². The van der Waals surface area contributed by atoms with Crippen molar-refractivity contribution in [3.8, 4) is 28.5 Å². The van der Waals surface area contributed by atoms with E-state index in [0.717, 1.165) is 11.1 Å². The van der Waals surface area contributed by atoms with Crippen LogP contribution in [0.5, 0.6) is 17.2 Å². The fourth-order valence-corrected chi connectivity index (χ4v) is 3.16. The molecule has 1 amide bonds. The fourth-order valence-electron chi connectivity index (χ4n) is 3.16. The number of anilines is 1. The molecule has 0 saturated carbocycles. The minimum absolute atomic E-state index is 0.169. The summed E-state index contributed by atoms with van der Waals surface area (Å²) in [5.74, 6) is 1.12. The quantitative estimate of drug-likeness (QED) is 0.336. The molecule has 0 saturated heterocycles. The molecule has 8 heteroatoms. The van der Waals surface area contributed by atoms with Gasteiger partial charge in [0.2, 0.25) is 12.2 Å². The van der Waals surface area contributed by atoms with Crippen LogP contribution in [0.25, 0.3) is 22.2 Å². The molecule has 0 aliphatic rings. The number of pyridine rings is 1. The largest absolute Gasteiger partial charge is 0.493 e. The smallest absolute Gasteiger partial charge is 0.213 e. The van der Waals surface area contributed by atoms with Gasteiger partial charge in [-0.1, -0.05) is 24.3 Å². The zero-order valence-corrected chi connectivity index (χ0v) is 16.6. The van der Waals surface area contributed by atoms with Crippen LogP contribution in [0.3, 0.4) is 0 Å². The SMILES string of the molecule is COc1cc2c(NC(=N)NC=O)cc(-c3ccccc3C)nc2c(OC)c1OC. The van der Waals surface area contributed by atoms with Crippen molar-refractivity contribution in [2.45, 2.75) is 6.92 Å². The van der Waals surface area contributed by atoms with Crippen molar-refractivity contribution in [1.29, 1.82) is 5.41 Å². The first-order valence-electron chi connectivity index (χ1n) is 8.79. The van der Waals surface area contributed by atoms with Gasteiger partial charge >= 0.3 is 0 Å². The third-order valence-electron chi connectivity index (χ3n) is 4.49. The number of aromatic nitrogens is 1. The summed E-state index contributed by atoms with van der Waals surface area (Å²) >= 11 is 0. The van der Waals surface area contributed by atoms with Crippen molar-refractivity contribution in [3.05, 3.63) is 42.0 Å². The van der Waals surface area contributed by atoms with E-state index in [9.17, 15) is 4.79 Å². The molecule has 1 heterocycles. The number of carbonyl (C=O) groups is 1. The van der Waals surface area contributed by atoms with Crippen molar-refractivity contribution in [3.63, 3.8) is 0 Å². The molecule has 0 radical (unpaired) electrons. The first-order chi connectivity index (χ1) is 14.0. The second kappa shape index (κ2) is 8.47. The highest BCUT2D eigenvalue weighted by Gasteiger charge is 2.21. The third-order valence-corrected chi connectivity index (χ3v) is 4.49. The maximum absolute atomic E-state index is 10.7. The van der Waals surface area contributed by atoms with E-state index in [0.29, 0.717) is 45.9 Å². The summed E-state index contributed by atoms with van der Waals surface area (Å²) in [6.45, 7) is 2.00. The van der Waals surface area contributed by atoms with E-state index in [4.69, 9.17) is 24.6 Å². The number of rotatable bonds is 6. The highest BCUT2D eigenvalue weighted by Crippen LogP contribution is 2.45. The van der Waals surface area contributed by atoms with Crippen molar-refractivity contribution >= 4 is 29.0 Å². The van der Waals surface area contributed by atoms with Gasteiger partial charge in [0.1, 0.15) is 5.52 Å². The van der Waals surface area contributed by atoms with Gasteiger partial charge in [-0.05, 0) is 24.6 Å². The summed E-state index contributed by atoms with van der Waals surface area (Å²) < 4.78 is 16.5. The number of nitrogens with one attached hydrogen (secondary N) is 3. The molecule has 2 aromatic carbocycles. The Morgan fingerprint density at radius 2 is 1.79 bits per heavy atom. The van der Waals surface area contributed by atoms with Gasteiger partial charge in [-0.2, -0.15) is 0 Å². The van der Waals surface area contributed by atoms with E-state index in [1.165, 1.54) is 21.3 Å². The number of hydrogen-bond acceptors (Lipinski definition) is 6. The normalized spacial score (nSPS) is 10.3. The second-order valence-electron chi connectivity index (χ2n) is 6.17. The maximum atomic E-state index is 10.7.